The van der Waals surface area contributed by atoms with E-state index in [1.165, 1.54) is 23.3 Å². The summed E-state index contributed by atoms with van der Waals surface area (Å²) in [7, 11) is 4.50. The molecule has 0 unspecified atom stereocenters. The largest absolute Gasteiger partial charge is 0.465 e. The number of methoxy groups -OCH3 is 1. The van der Waals surface area contributed by atoms with Gasteiger partial charge < -0.3 is 19.2 Å². The second-order valence-electron chi connectivity index (χ2n) is 8.50. The van der Waals surface area contributed by atoms with E-state index in [4.69, 9.17) is 4.74 Å². The van der Waals surface area contributed by atoms with Crippen molar-refractivity contribution in [1.29, 1.82) is 0 Å². The van der Waals surface area contributed by atoms with E-state index in [1.54, 1.807) is 50.8 Å². The summed E-state index contributed by atoms with van der Waals surface area (Å²) in [4.78, 5) is 53.9. The van der Waals surface area contributed by atoms with Crippen molar-refractivity contribution in [3.05, 3.63) is 81.2 Å². The van der Waals surface area contributed by atoms with Crippen molar-refractivity contribution in [3.63, 3.8) is 0 Å². The van der Waals surface area contributed by atoms with E-state index in [1.807, 2.05) is 19.1 Å². The maximum atomic E-state index is 13.9. The van der Waals surface area contributed by atoms with Crippen molar-refractivity contribution in [2.75, 3.05) is 21.2 Å². The van der Waals surface area contributed by atoms with Crippen molar-refractivity contribution >= 4 is 50.9 Å². The number of hydrogen-bond acceptors (Lipinski definition) is 7. The van der Waals surface area contributed by atoms with Crippen LogP contribution in [0.4, 0.5) is 0 Å². The molecule has 0 spiro atoms. The smallest absolute Gasteiger partial charge is 0.338 e. The van der Waals surface area contributed by atoms with Crippen molar-refractivity contribution in [1.82, 2.24) is 24.4 Å². The van der Waals surface area contributed by atoms with Crippen LogP contribution < -0.4 is 0 Å². The van der Waals surface area contributed by atoms with Gasteiger partial charge in [0.1, 0.15) is 17.0 Å². The topological polar surface area (TPSA) is 110 Å². The number of ether oxygens (including phenoxy) is 1. The highest BCUT2D eigenvalue weighted by molar-refractivity contribution is 7.14. The van der Waals surface area contributed by atoms with Crippen LogP contribution in [-0.2, 0) is 11.3 Å². The second-order valence-corrected chi connectivity index (χ2v) is 9.67. The highest BCUT2D eigenvalue weighted by Crippen LogP contribution is 2.32. The first-order valence-corrected chi connectivity index (χ1v) is 12.0. The summed E-state index contributed by atoms with van der Waals surface area (Å²) in [6.45, 7) is 2.47. The third-order valence-electron chi connectivity index (χ3n) is 6.02. The number of fused-ring (bicyclic) bond motifs is 2. The molecule has 1 amide bonds. The summed E-state index contributed by atoms with van der Waals surface area (Å²) >= 11 is 1.34. The molecule has 1 N–H and O–H groups in total. The molecule has 10 heteroatoms. The van der Waals surface area contributed by atoms with Crippen LogP contribution in [0.3, 0.4) is 0 Å². The van der Waals surface area contributed by atoms with Crippen molar-refractivity contribution < 1.29 is 19.1 Å². The molecule has 1 aromatic carbocycles. The Hall–Kier alpha value is -4.31. The van der Waals surface area contributed by atoms with Crippen molar-refractivity contribution in [2.24, 2.45) is 0 Å². The van der Waals surface area contributed by atoms with E-state index in [2.05, 4.69) is 19.5 Å². The quantitative estimate of drug-likeness (QED) is 0.278. The number of H-pyrrole nitrogens is 1. The van der Waals surface area contributed by atoms with Gasteiger partial charge in [0.25, 0.3) is 5.91 Å². The number of rotatable bonds is 6. The second kappa shape index (κ2) is 9.04. The number of carbonyl (C=O) groups is 3. The normalized spacial score (nSPS) is 11.2. The highest BCUT2D eigenvalue weighted by atomic mass is 32.1. The third kappa shape index (κ3) is 3.85. The van der Waals surface area contributed by atoms with Crippen LogP contribution in [0.1, 0.15) is 46.8 Å². The monoisotopic (exact) mass is 501 g/mol. The molecule has 0 saturated carbocycles. The molecule has 0 aliphatic carbocycles. The van der Waals surface area contributed by atoms with Gasteiger partial charge in [0.05, 0.1) is 41.4 Å². The molecule has 5 aromatic rings. The van der Waals surface area contributed by atoms with Gasteiger partial charge in [0.15, 0.2) is 0 Å². The van der Waals surface area contributed by atoms with E-state index in [0.717, 1.165) is 21.7 Å². The lowest BCUT2D eigenvalue weighted by Crippen LogP contribution is -2.24. The Morgan fingerprint density at radius 2 is 1.94 bits per heavy atom. The van der Waals surface area contributed by atoms with Gasteiger partial charge in [-0.1, -0.05) is 6.07 Å². The Morgan fingerprint density at radius 1 is 1.14 bits per heavy atom. The fourth-order valence-corrected chi connectivity index (χ4v) is 5.25. The van der Waals surface area contributed by atoms with Gasteiger partial charge in [-0.25, -0.2) is 9.78 Å². The minimum absolute atomic E-state index is 0.134. The van der Waals surface area contributed by atoms with Gasteiger partial charge in [-0.05, 0) is 37.3 Å². The van der Waals surface area contributed by atoms with Gasteiger partial charge in [0.2, 0.25) is 5.78 Å². The lowest BCUT2D eigenvalue weighted by Gasteiger charge is -2.10. The molecular weight excluding hydrogens is 478 g/mol. The van der Waals surface area contributed by atoms with Crippen LogP contribution in [0.25, 0.3) is 21.9 Å². The predicted octanol–water partition coefficient (Wildman–Crippen LogP) is 4.05. The van der Waals surface area contributed by atoms with E-state index >= 15 is 0 Å². The Labute approximate surface area is 210 Å². The van der Waals surface area contributed by atoms with Crippen LogP contribution in [0.5, 0.6) is 0 Å². The maximum absolute atomic E-state index is 13.9. The lowest BCUT2D eigenvalue weighted by molar-refractivity contribution is 0.0602. The molecule has 36 heavy (non-hydrogen) atoms. The minimum Gasteiger partial charge on any atom is -0.465 e. The minimum atomic E-state index is -0.582. The summed E-state index contributed by atoms with van der Waals surface area (Å²) in [5.41, 5.74) is 2.80. The first-order valence-electron chi connectivity index (χ1n) is 11.1. The molecule has 0 atom stereocenters. The first-order chi connectivity index (χ1) is 17.3. The fraction of sp³-hybridized carbons (Fsp3) is 0.192. The van der Waals surface area contributed by atoms with Crippen LogP contribution in [0.2, 0.25) is 0 Å². The Kier molecular flexibility index (Phi) is 5.89. The number of nitrogens with zero attached hydrogens (tertiary/aromatic N) is 4. The van der Waals surface area contributed by atoms with Gasteiger partial charge >= 0.3 is 5.97 Å². The Balaban J connectivity index is 1.60. The number of nitrogens with one attached hydrogen (secondary N) is 1. The molecule has 5 rings (SSSR count). The number of thiophene rings is 1. The standard InChI is InChI=1S/C26H23N5O4S/c1-14-28-18-12-27-11-10-19(18)31(14)13-15-8-9-20(36-15)24(32)22-21-16(26(34)35-4)6-5-7-17(21)29-23(22)25(33)30(2)3/h5-12,29H,13H2,1-4H3. The Bertz CT molecular complexity index is 1660. The van der Waals surface area contributed by atoms with E-state index in [0.29, 0.717) is 22.3 Å². The molecular formula is C26H23N5O4S. The maximum Gasteiger partial charge on any atom is 0.338 e. The number of aryl methyl sites for hydroxylation is 1. The van der Waals surface area contributed by atoms with Crippen LogP contribution >= 0.6 is 11.3 Å². The lowest BCUT2D eigenvalue weighted by atomic mass is 10.00. The van der Waals surface area contributed by atoms with Crippen LogP contribution in [-0.4, -0.2) is 63.3 Å². The number of imidazole rings is 1. The summed E-state index contributed by atoms with van der Waals surface area (Å²) < 4.78 is 7.01. The molecule has 0 radical (unpaired) electrons. The predicted molar refractivity (Wildman–Crippen MR) is 137 cm³/mol. The zero-order valence-electron chi connectivity index (χ0n) is 20.2. The number of benzene rings is 1. The molecule has 0 bridgehead atoms. The van der Waals surface area contributed by atoms with E-state index in [-0.39, 0.29) is 28.5 Å². The molecule has 9 nitrogen and oxygen atoms in total. The Morgan fingerprint density at radius 3 is 2.69 bits per heavy atom. The molecule has 182 valence electrons. The van der Waals surface area contributed by atoms with Crippen LogP contribution in [0, 0.1) is 6.92 Å². The number of esters is 1. The molecule has 4 aromatic heterocycles. The zero-order valence-corrected chi connectivity index (χ0v) is 21.0. The SMILES string of the molecule is COC(=O)c1cccc2[nH]c(C(=O)N(C)C)c(C(=O)c3ccc(Cn4c(C)nc5cnccc54)s3)c12. The number of aromatic amines is 1. The highest BCUT2D eigenvalue weighted by Gasteiger charge is 2.29. The van der Waals surface area contributed by atoms with Gasteiger partial charge in [0, 0.05) is 36.1 Å². The zero-order chi connectivity index (χ0) is 25.6. The molecule has 4 heterocycles. The number of ketones is 1. The number of hydrogen-bond donors (Lipinski definition) is 1. The summed E-state index contributed by atoms with van der Waals surface area (Å²) in [6.07, 6.45) is 3.45. The number of carbonyl (C=O) groups excluding carboxylic acids is 3. The van der Waals surface area contributed by atoms with Crippen molar-refractivity contribution in [2.45, 2.75) is 13.5 Å². The van der Waals surface area contributed by atoms with Gasteiger partial charge in [-0.15, -0.1) is 11.3 Å². The molecule has 0 aliphatic heterocycles. The van der Waals surface area contributed by atoms with Crippen molar-refractivity contribution in [3.8, 4) is 0 Å². The average molecular weight is 502 g/mol. The van der Waals surface area contributed by atoms with Crippen LogP contribution in [0.15, 0.2) is 48.8 Å². The number of pyridine rings is 1. The molecule has 0 fully saturated rings. The number of amides is 1. The van der Waals surface area contributed by atoms with E-state index in [9.17, 15) is 14.4 Å². The average Bonchev–Trinajstić information content (AvgIpc) is 3.58. The van der Waals surface area contributed by atoms with Gasteiger partial charge in [-0.3, -0.25) is 14.6 Å². The summed E-state index contributed by atoms with van der Waals surface area (Å²) in [6, 6.07) is 10.6. The van der Waals surface area contributed by atoms with Gasteiger partial charge in [-0.2, -0.15) is 0 Å². The first kappa shape index (κ1) is 23.4. The summed E-state index contributed by atoms with van der Waals surface area (Å²) in [5, 5.41) is 0.374. The third-order valence-corrected chi connectivity index (χ3v) is 7.09. The van der Waals surface area contributed by atoms with E-state index < -0.39 is 5.97 Å². The fourth-order valence-electron chi connectivity index (χ4n) is 4.30. The molecule has 0 aliphatic rings. The number of aromatic nitrogens is 4. The summed E-state index contributed by atoms with van der Waals surface area (Å²) in [5.74, 6) is -0.439. The molecule has 0 saturated heterocycles.